The molecule has 1 heterocycles. The molecule has 2 aliphatic rings. The minimum atomic E-state index is -4.32. The lowest BCUT2D eigenvalue weighted by Crippen LogP contribution is -2.14. The molecule has 3 rings (SSSR count). The molecule has 1 aliphatic heterocycles. The monoisotopic (exact) mass is 253 g/mol. The third kappa shape index (κ3) is 1.97. The maximum atomic E-state index is 12.9. The number of nitrogens with one attached hydrogen (secondary N) is 1. The molecule has 0 bridgehead atoms. The van der Waals surface area contributed by atoms with Gasteiger partial charge in [0.05, 0.1) is 0 Å². The van der Waals surface area contributed by atoms with Crippen LogP contribution in [0.25, 0.3) is 0 Å². The molecule has 0 radical (unpaired) electrons. The van der Waals surface area contributed by atoms with Crippen LogP contribution in [-0.4, -0.2) is 13.1 Å². The summed E-state index contributed by atoms with van der Waals surface area (Å²) >= 11 is 0. The summed E-state index contributed by atoms with van der Waals surface area (Å²) in [7, 11) is 0. The van der Waals surface area contributed by atoms with Gasteiger partial charge >= 0.3 is 6.18 Å². The molecule has 96 valence electrons. The van der Waals surface area contributed by atoms with E-state index in [4.69, 9.17) is 0 Å². The fourth-order valence-electron chi connectivity index (χ4n) is 3.40. The van der Waals surface area contributed by atoms with Gasteiger partial charge in [-0.15, -0.1) is 0 Å². The number of rotatable bonds is 1. The van der Waals surface area contributed by atoms with Gasteiger partial charge in [-0.25, -0.2) is 0 Å². The molecule has 0 amide bonds. The number of alkyl halides is 3. The Morgan fingerprint density at radius 2 is 1.83 bits per heavy atom. The van der Waals surface area contributed by atoms with E-state index in [1.165, 1.54) is 6.07 Å². The Kier molecular flexibility index (Phi) is 2.74. The van der Waals surface area contributed by atoms with Crippen molar-refractivity contribution < 1.29 is 13.2 Å². The molecule has 1 N–H and O–H groups in total. The predicted molar refractivity (Wildman–Crippen MR) is 60.9 cm³/mol. The average molecular weight is 253 g/mol. The second-order valence-corrected chi connectivity index (χ2v) is 5.28. The van der Waals surface area contributed by atoms with Gasteiger partial charge in [0, 0.05) is 0 Å². The van der Waals surface area contributed by atoms with Crippen molar-refractivity contribution in [2.75, 3.05) is 13.1 Å². The highest BCUT2D eigenvalue weighted by Gasteiger charge is 2.42. The molecule has 18 heavy (non-hydrogen) atoms. The molecule has 0 spiro atoms. The third-order valence-electron chi connectivity index (χ3n) is 4.21. The van der Waals surface area contributed by atoms with Crippen LogP contribution in [0.5, 0.6) is 0 Å². The summed E-state index contributed by atoms with van der Waals surface area (Å²) < 4.78 is 38.8. The van der Waals surface area contributed by atoms with Gasteiger partial charge in [0.15, 0.2) is 0 Å². The van der Waals surface area contributed by atoms with Gasteiger partial charge in [0.1, 0.15) is 5.56 Å². The number of fused-ring (bicyclic) bond motifs is 1. The molecule has 1 nitrogen and oxygen atoms in total. The smallest absolute Gasteiger partial charge is 0.316 e. The van der Waals surface area contributed by atoms with Gasteiger partial charge < -0.3 is 5.32 Å². The molecule has 1 saturated heterocycles. The normalized spacial score (nSPS) is 31.2. The minimum absolute atomic E-state index is 0.0320. The van der Waals surface area contributed by atoms with E-state index in [1.54, 1.807) is 6.07 Å². The summed E-state index contributed by atoms with van der Waals surface area (Å²) in [5.74, 6) is 1.12. The van der Waals surface area contributed by atoms with Crippen molar-refractivity contribution in [1.29, 1.82) is 0 Å². The Morgan fingerprint density at radius 1 is 1.17 bits per heavy atom. The maximum absolute atomic E-state index is 12.9. The van der Waals surface area contributed by atoms with Crippen LogP contribution in [0.4, 0.5) is 13.2 Å². The Morgan fingerprint density at radius 3 is 2.44 bits per heavy atom. The average Bonchev–Trinajstić information content (AvgIpc) is 2.87. The zero-order valence-corrected chi connectivity index (χ0v) is 9.85. The molecular formula is C14H14F3N. The first-order valence-electron chi connectivity index (χ1n) is 6.26. The molecule has 0 aromatic heterocycles. The zero-order chi connectivity index (χ0) is 12.8. The lowest BCUT2D eigenvalue weighted by atomic mass is 9.92. The Hall–Kier alpha value is -1.21. The SMILES string of the molecule is FC(F)(F)c1c#cccc1C1CC2CNCC2C1. The summed E-state index contributed by atoms with van der Waals surface area (Å²) in [5, 5.41) is 3.30. The Labute approximate surface area is 104 Å². The van der Waals surface area contributed by atoms with Crippen molar-refractivity contribution in [3.05, 3.63) is 35.4 Å². The van der Waals surface area contributed by atoms with Gasteiger partial charge in [0.25, 0.3) is 0 Å². The molecule has 2 unspecified atom stereocenters. The summed E-state index contributed by atoms with van der Waals surface area (Å²) in [6, 6.07) is 7.78. The van der Waals surface area contributed by atoms with Gasteiger partial charge in [-0.1, -0.05) is 12.1 Å². The van der Waals surface area contributed by atoms with E-state index >= 15 is 0 Å². The topological polar surface area (TPSA) is 12.0 Å². The van der Waals surface area contributed by atoms with Gasteiger partial charge in [-0.05, 0) is 61.4 Å². The van der Waals surface area contributed by atoms with Crippen LogP contribution in [0.2, 0.25) is 0 Å². The van der Waals surface area contributed by atoms with Crippen molar-refractivity contribution >= 4 is 0 Å². The van der Waals surface area contributed by atoms with E-state index in [0.29, 0.717) is 17.4 Å². The van der Waals surface area contributed by atoms with Gasteiger partial charge in [0.2, 0.25) is 0 Å². The van der Waals surface area contributed by atoms with Crippen molar-refractivity contribution in [3.63, 3.8) is 0 Å². The second kappa shape index (κ2) is 4.17. The lowest BCUT2D eigenvalue weighted by Gasteiger charge is -2.16. The predicted octanol–water partition coefficient (Wildman–Crippen LogP) is 3.02. The van der Waals surface area contributed by atoms with Crippen LogP contribution in [0.3, 0.4) is 0 Å². The fourth-order valence-corrected chi connectivity index (χ4v) is 3.40. The highest BCUT2D eigenvalue weighted by molar-refractivity contribution is 5.30. The van der Waals surface area contributed by atoms with Crippen LogP contribution in [0.1, 0.15) is 29.9 Å². The van der Waals surface area contributed by atoms with Crippen LogP contribution in [-0.2, 0) is 6.18 Å². The molecular weight excluding hydrogens is 239 g/mol. The number of halogens is 3. The zero-order valence-electron chi connectivity index (χ0n) is 9.85. The number of hydrogen-bond donors (Lipinski definition) is 1. The standard InChI is InChI=1S/C14H14F3N/c15-14(16,17)13-4-2-1-3-12(13)9-5-10-7-18-8-11(10)6-9/h1,3,9-11,18H,5-8H2. The second-order valence-electron chi connectivity index (χ2n) is 5.28. The van der Waals surface area contributed by atoms with Gasteiger partial charge in [-0.2, -0.15) is 13.2 Å². The van der Waals surface area contributed by atoms with Gasteiger partial charge in [-0.3, -0.25) is 0 Å². The van der Waals surface area contributed by atoms with E-state index in [0.717, 1.165) is 25.9 Å². The van der Waals surface area contributed by atoms with E-state index in [1.807, 2.05) is 0 Å². The largest absolute Gasteiger partial charge is 0.424 e. The van der Waals surface area contributed by atoms with E-state index in [-0.39, 0.29) is 5.92 Å². The van der Waals surface area contributed by atoms with Crippen molar-refractivity contribution in [3.8, 4) is 0 Å². The summed E-state index contributed by atoms with van der Waals surface area (Å²) in [4.78, 5) is 0. The van der Waals surface area contributed by atoms with E-state index in [9.17, 15) is 13.2 Å². The molecule has 1 aromatic carbocycles. The number of hydrogen-bond acceptors (Lipinski definition) is 1. The minimum Gasteiger partial charge on any atom is -0.316 e. The van der Waals surface area contributed by atoms with E-state index in [2.05, 4.69) is 17.4 Å². The Bertz CT molecular complexity index is 429. The maximum Gasteiger partial charge on any atom is 0.424 e. The first-order valence-corrected chi connectivity index (χ1v) is 6.26. The summed E-state index contributed by atoms with van der Waals surface area (Å²) in [6.07, 6.45) is -2.60. The molecule has 1 saturated carbocycles. The molecule has 1 aromatic rings. The molecule has 4 heteroatoms. The van der Waals surface area contributed by atoms with Crippen LogP contribution < -0.4 is 5.32 Å². The molecule has 2 atom stereocenters. The first-order chi connectivity index (χ1) is 8.55. The summed E-state index contributed by atoms with van der Waals surface area (Å²) in [5.41, 5.74) is -0.210. The van der Waals surface area contributed by atoms with E-state index < -0.39 is 11.7 Å². The highest BCUT2D eigenvalue weighted by atomic mass is 19.4. The van der Waals surface area contributed by atoms with Crippen LogP contribution >= 0.6 is 0 Å². The molecule has 2 fully saturated rings. The molecule has 1 aliphatic carbocycles. The van der Waals surface area contributed by atoms with Crippen LogP contribution in [0.15, 0.2) is 12.1 Å². The van der Waals surface area contributed by atoms with Crippen molar-refractivity contribution in [1.82, 2.24) is 5.32 Å². The third-order valence-corrected chi connectivity index (χ3v) is 4.21. The Balaban J connectivity index is 1.89. The fraction of sp³-hybridized carbons (Fsp3) is 0.571. The lowest BCUT2D eigenvalue weighted by molar-refractivity contribution is -0.138. The highest BCUT2D eigenvalue weighted by Crippen LogP contribution is 2.46. The summed E-state index contributed by atoms with van der Waals surface area (Å²) in [6.45, 7) is 1.90. The quantitative estimate of drug-likeness (QED) is 0.811. The van der Waals surface area contributed by atoms with Crippen molar-refractivity contribution in [2.24, 2.45) is 11.8 Å². The van der Waals surface area contributed by atoms with Crippen LogP contribution in [0, 0.1) is 24.0 Å². The first kappa shape index (κ1) is 11.9. The van der Waals surface area contributed by atoms with Crippen molar-refractivity contribution in [2.45, 2.75) is 24.9 Å².